The lowest BCUT2D eigenvalue weighted by molar-refractivity contribution is 0.242. The number of hydrogen-bond donors (Lipinski definition) is 0. The molecule has 1 unspecified atom stereocenters. The molecule has 28 heavy (non-hydrogen) atoms. The molecule has 2 aromatic carbocycles. The molecule has 0 bridgehead atoms. The molecular formula is C25H35NS2. The fraction of sp³-hybridized carbons (Fsp3) is 0.520. The highest BCUT2D eigenvalue weighted by molar-refractivity contribution is 7.99. The first kappa shape index (κ1) is 21.8. The number of hydrogen-bond acceptors (Lipinski definition) is 3. The molecule has 0 saturated carbocycles. The minimum Gasteiger partial charge on any atom is -0.303 e. The summed E-state index contributed by atoms with van der Waals surface area (Å²) in [5, 5.41) is 0.431. The molecule has 1 fully saturated rings. The number of nitrogens with zero attached hydrogens (tertiary/aromatic N) is 1. The molecule has 0 aromatic heterocycles. The summed E-state index contributed by atoms with van der Waals surface area (Å²) in [6.45, 7) is 8.23. The Morgan fingerprint density at radius 3 is 2.14 bits per heavy atom. The molecule has 1 saturated heterocycles. The van der Waals surface area contributed by atoms with E-state index in [1.165, 1.54) is 84.8 Å². The molecular weight excluding hydrogens is 378 g/mol. The molecule has 152 valence electrons. The van der Waals surface area contributed by atoms with Crippen molar-refractivity contribution in [2.24, 2.45) is 0 Å². The number of thioether (sulfide) groups is 2. The Morgan fingerprint density at radius 1 is 0.857 bits per heavy atom. The van der Waals surface area contributed by atoms with Gasteiger partial charge in [0.15, 0.2) is 0 Å². The van der Waals surface area contributed by atoms with Gasteiger partial charge in [-0.05, 0) is 68.3 Å². The van der Waals surface area contributed by atoms with Crippen molar-refractivity contribution in [3.05, 3.63) is 65.2 Å². The molecule has 1 aliphatic rings. The van der Waals surface area contributed by atoms with Crippen LogP contribution in [0.15, 0.2) is 53.4 Å². The van der Waals surface area contributed by atoms with Crippen LogP contribution < -0.4 is 0 Å². The van der Waals surface area contributed by atoms with E-state index in [4.69, 9.17) is 0 Å². The lowest BCUT2D eigenvalue weighted by atomic mass is 10.0. The number of likely N-dealkylation sites (tertiary alicyclic amines) is 1. The number of rotatable bonds is 10. The topological polar surface area (TPSA) is 3.24 Å². The second-order valence-corrected chi connectivity index (χ2v) is 10.2. The van der Waals surface area contributed by atoms with Gasteiger partial charge >= 0.3 is 0 Å². The Hall–Kier alpha value is -0.900. The summed E-state index contributed by atoms with van der Waals surface area (Å²) >= 11 is 4.09. The van der Waals surface area contributed by atoms with Gasteiger partial charge < -0.3 is 4.90 Å². The standard InChI is InChI=1S/C25H35NS2/c1-3-4-19-27-24-14-12-23(13-15-24)25(22-10-8-21(2)9-11-22)28-20-18-26-16-6-5-7-17-26/h8-15,25H,3-7,16-20H2,1-2H3. The fourth-order valence-electron chi connectivity index (χ4n) is 3.68. The zero-order chi connectivity index (χ0) is 19.6. The monoisotopic (exact) mass is 413 g/mol. The van der Waals surface area contributed by atoms with Crippen molar-refractivity contribution in [3.8, 4) is 0 Å². The Kier molecular flexibility index (Phi) is 9.30. The van der Waals surface area contributed by atoms with Gasteiger partial charge in [0.05, 0.1) is 5.25 Å². The normalized spacial score (nSPS) is 16.2. The molecule has 0 spiro atoms. The van der Waals surface area contributed by atoms with Crippen LogP contribution in [0.3, 0.4) is 0 Å². The average Bonchev–Trinajstić information content (AvgIpc) is 2.74. The van der Waals surface area contributed by atoms with Crippen molar-refractivity contribution in [3.63, 3.8) is 0 Å². The van der Waals surface area contributed by atoms with Crippen molar-refractivity contribution >= 4 is 23.5 Å². The highest BCUT2D eigenvalue weighted by Gasteiger charge is 2.16. The van der Waals surface area contributed by atoms with Gasteiger partial charge in [-0.15, -0.1) is 23.5 Å². The van der Waals surface area contributed by atoms with E-state index in [2.05, 4.69) is 79.0 Å². The maximum atomic E-state index is 2.65. The van der Waals surface area contributed by atoms with E-state index in [0.717, 1.165) is 0 Å². The predicted molar refractivity (Wildman–Crippen MR) is 128 cm³/mol. The van der Waals surface area contributed by atoms with Crippen LogP contribution in [0.1, 0.15) is 61.0 Å². The molecule has 0 amide bonds. The Labute approximate surface area is 180 Å². The number of unbranched alkanes of at least 4 members (excludes halogenated alkanes) is 1. The van der Waals surface area contributed by atoms with Gasteiger partial charge in [-0.25, -0.2) is 0 Å². The zero-order valence-electron chi connectivity index (χ0n) is 17.5. The van der Waals surface area contributed by atoms with E-state index in [0.29, 0.717) is 5.25 Å². The number of aryl methyl sites for hydroxylation is 1. The summed E-state index contributed by atoms with van der Waals surface area (Å²) in [7, 11) is 0. The van der Waals surface area contributed by atoms with Crippen LogP contribution in [0, 0.1) is 6.92 Å². The molecule has 3 rings (SSSR count). The van der Waals surface area contributed by atoms with Gasteiger partial charge in [-0.2, -0.15) is 0 Å². The van der Waals surface area contributed by atoms with Gasteiger partial charge in [0.2, 0.25) is 0 Å². The van der Waals surface area contributed by atoms with Crippen LogP contribution in [0.4, 0.5) is 0 Å². The summed E-state index contributed by atoms with van der Waals surface area (Å²) in [5.41, 5.74) is 4.21. The average molecular weight is 414 g/mol. The van der Waals surface area contributed by atoms with Gasteiger partial charge in [0, 0.05) is 17.2 Å². The van der Waals surface area contributed by atoms with E-state index in [9.17, 15) is 0 Å². The van der Waals surface area contributed by atoms with Gasteiger partial charge in [-0.1, -0.05) is 61.7 Å². The van der Waals surface area contributed by atoms with E-state index < -0.39 is 0 Å². The number of piperidine rings is 1. The van der Waals surface area contributed by atoms with Crippen molar-refractivity contribution in [1.82, 2.24) is 4.90 Å². The van der Waals surface area contributed by atoms with E-state index in [1.807, 2.05) is 11.8 Å². The second-order valence-electron chi connectivity index (χ2n) is 7.83. The summed E-state index contributed by atoms with van der Waals surface area (Å²) in [4.78, 5) is 4.05. The van der Waals surface area contributed by atoms with E-state index >= 15 is 0 Å². The molecule has 0 N–H and O–H groups in total. The molecule has 1 heterocycles. The van der Waals surface area contributed by atoms with Crippen LogP contribution in [0.2, 0.25) is 0 Å². The first-order valence-corrected chi connectivity index (χ1v) is 12.9. The van der Waals surface area contributed by atoms with Crippen molar-refractivity contribution in [2.45, 2.75) is 56.1 Å². The van der Waals surface area contributed by atoms with Crippen LogP contribution >= 0.6 is 23.5 Å². The van der Waals surface area contributed by atoms with Crippen molar-refractivity contribution in [1.29, 1.82) is 0 Å². The lowest BCUT2D eigenvalue weighted by Gasteiger charge is -2.27. The molecule has 1 aliphatic heterocycles. The van der Waals surface area contributed by atoms with E-state index in [1.54, 1.807) is 0 Å². The Morgan fingerprint density at radius 2 is 1.50 bits per heavy atom. The van der Waals surface area contributed by atoms with E-state index in [-0.39, 0.29) is 0 Å². The first-order valence-electron chi connectivity index (χ1n) is 10.9. The molecule has 1 nitrogen and oxygen atoms in total. The van der Waals surface area contributed by atoms with Crippen molar-refractivity contribution in [2.75, 3.05) is 31.1 Å². The highest BCUT2D eigenvalue weighted by atomic mass is 32.2. The van der Waals surface area contributed by atoms with Gasteiger partial charge in [0.1, 0.15) is 0 Å². The van der Waals surface area contributed by atoms with Gasteiger partial charge in [-0.3, -0.25) is 0 Å². The number of benzene rings is 2. The maximum Gasteiger partial charge on any atom is 0.0547 e. The quantitative estimate of drug-likeness (QED) is 0.299. The Balaban J connectivity index is 1.65. The first-order chi connectivity index (χ1) is 13.8. The molecule has 0 radical (unpaired) electrons. The summed E-state index contributed by atoms with van der Waals surface area (Å²) < 4.78 is 0. The lowest BCUT2D eigenvalue weighted by Crippen LogP contribution is -2.31. The maximum absolute atomic E-state index is 2.65. The molecule has 2 aromatic rings. The smallest absolute Gasteiger partial charge is 0.0547 e. The van der Waals surface area contributed by atoms with Gasteiger partial charge in [0.25, 0.3) is 0 Å². The third-order valence-corrected chi connectivity index (χ3v) is 7.86. The minimum absolute atomic E-state index is 0.431. The van der Waals surface area contributed by atoms with Crippen LogP contribution in [-0.4, -0.2) is 36.0 Å². The molecule has 1 atom stereocenters. The second kappa shape index (κ2) is 11.9. The summed E-state index contributed by atoms with van der Waals surface area (Å²) in [5.74, 6) is 2.42. The fourth-order valence-corrected chi connectivity index (χ4v) is 5.98. The highest BCUT2D eigenvalue weighted by Crippen LogP contribution is 2.36. The van der Waals surface area contributed by atoms with Crippen LogP contribution in [0.25, 0.3) is 0 Å². The summed E-state index contributed by atoms with van der Waals surface area (Å²) in [6, 6.07) is 18.5. The third-order valence-electron chi connectivity index (χ3n) is 5.47. The zero-order valence-corrected chi connectivity index (χ0v) is 19.2. The SMILES string of the molecule is CCCCSc1ccc(C(SCCN2CCCCC2)c2ccc(C)cc2)cc1. The predicted octanol–water partition coefficient (Wildman–Crippen LogP) is 7.20. The Bertz CT molecular complexity index is 675. The largest absolute Gasteiger partial charge is 0.303 e. The third kappa shape index (κ3) is 6.86. The molecule has 0 aliphatic carbocycles. The van der Waals surface area contributed by atoms with Crippen molar-refractivity contribution < 1.29 is 0 Å². The molecule has 3 heteroatoms. The minimum atomic E-state index is 0.431. The van der Waals surface area contributed by atoms with Crippen LogP contribution in [0.5, 0.6) is 0 Å². The van der Waals surface area contributed by atoms with Crippen LogP contribution in [-0.2, 0) is 0 Å². The summed E-state index contributed by atoms with van der Waals surface area (Å²) in [6.07, 6.45) is 6.74.